The second-order valence-electron chi connectivity index (χ2n) is 4.96. The predicted molar refractivity (Wildman–Crippen MR) is 91.1 cm³/mol. The van der Waals surface area contributed by atoms with Gasteiger partial charge in [-0.2, -0.15) is 5.10 Å². The molecule has 0 aromatic heterocycles. The molecule has 0 spiro atoms. The van der Waals surface area contributed by atoms with Gasteiger partial charge in [0.2, 0.25) is 5.91 Å². The Hall–Kier alpha value is -2.47. The monoisotopic (exact) mass is 327 g/mol. The number of amides is 1. The molecule has 0 bridgehead atoms. The van der Waals surface area contributed by atoms with E-state index in [1.54, 1.807) is 18.2 Å². The van der Waals surface area contributed by atoms with Gasteiger partial charge in [-0.05, 0) is 18.1 Å². The summed E-state index contributed by atoms with van der Waals surface area (Å²) in [6.07, 6.45) is 1.97. The molecule has 2 aromatic carbocycles. The van der Waals surface area contributed by atoms with Crippen LogP contribution in [-0.4, -0.2) is 22.5 Å². The van der Waals surface area contributed by atoms with Crippen LogP contribution in [0.3, 0.4) is 0 Å². The molecule has 4 nitrogen and oxygen atoms in total. The number of thioether (sulfide) groups is 1. The Kier molecular flexibility index (Phi) is 4.83. The minimum absolute atomic E-state index is 0.0845. The third-order valence-electron chi connectivity index (χ3n) is 3.29. The highest BCUT2D eigenvalue weighted by atomic mass is 32.2. The van der Waals surface area contributed by atoms with E-state index in [-0.39, 0.29) is 17.0 Å². The second kappa shape index (κ2) is 7.19. The van der Waals surface area contributed by atoms with Gasteiger partial charge in [0, 0.05) is 5.56 Å². The topological polar surface area (TPSA) is 53.8 Å². The van der Waals surface area contributed by atoms with Crippen molar-refractivity contribution in [1.29, 1.82) is 0 Å². The smallest absolute Gasteiger partial charge is 0.239 e. The lowest BCUT2D eigenvalue weighted by molar-refractivity contribution is -0.118. The molecule has 0 saturated carbocycles. The Balaban J connectivity index is 1.64. The minimum atomic E-state index is -0.360. The number of rotatable bonds is 4. The standard InChI is InChI=1S/C17H14FN3OS/c18-14-9-5-4-8-13(14)11-19-21-17-20-16(22)15(23-17)10-12-6-2-1-3-7-12/h1-9,11,15H,10H2,(H,20,21,22)/t15-/m0/s1. The largest absolute Gasteiger partial charge is 0.303 e. The zero-order valence-corrected chi connectivity index (χ0v) is 13.0. The van der Waals surface area contributed by atoms with Crippen molar-refractivity contribution in [1.82, 2.24) is 5.32 Å². The number of nitrogens with one attached hydrogen (secondary N) is 1. The van der Waals surface area contributed by atoms with Crippen molar-refractivity contribution >= 4 is 29.1 Å². The first-order chi connectivity index (χ1) is 11.2. The van der Waals surface area contributed by atoms with Crippen LogP contribution in [0.5, 0.6) is 0 Å². The Labute approximate surface area is 137 Å². The number of halogens is 1. The van der Waals surface area contributed by atoms with E-state index in [9.17, 15) is 9.18 Å². The number of benzene rings is 2. The SMILES string of the molecule is O=C1N/C(=N\N=Cc2ccccc2F)S[C@H]1Cc1ccccc1. The number of hydrogen-bond donors (Lipinski definition) is 1. The lowest BCUT2D eigenvalue weighted by Gasteiger charge is -2.04. The van der Waals surface area contributed by atoms with Gasteiger partial charge in [0.05, 0.1) is 11.5 Å². The minimum Gasteiger partial charge on any atom is -0.303 e. The quantitative estimate of drug-likeness (QED) is 0.693. The summed E-state index contributed by atoms with van der Waals surface area (Å²) in [7, 11) is 0. The van der Waals surface area contributed by atoms with Gasteiger partial charge in [-0.15, -0.1) is 5.10 Å². The van der Waals surface area contributed by atoms with Crippen LogP contribution in [0.4, 0.5) is 4.39 Å². The number of carbonyl (C=O) groups excluding carboxylic acids is 1. The Morgan fingerprint density at radius 1 is 1.13 bits per heavy atom. The summed E-state index contributed by atoms with van der Waals surface area (Å²) in [5.41, 5.74) is 1.45. The van der Waals surface area contributed by atoms with Crippen molar-refractivity contribution in [3.8, 4) is 0 Å². The fourth-order valence-electron chi connectivity index (χ4n) is 2.14. The maximum absolute atomic E-state index is 13.4. The molecule has 1 saturated heterocycles. The normalized spacial score (nSPS) is 19.4. The van der Waals surface area contributed by atoms with Gasteiger partial charge in [0.25, 0.3) is 0 Å². The average molecular weight is 327 g/mol. The summed E-state index contributed by atoms with van der Waals surface area (Å²) in [6.45, 7) is 0. The first kappa shape index (κ1) is 15.4. The molecule has 1 atom stereocenters. The van der Waals surface area contributed by atoms with Crippen LogP contribution in [0.2, 0.25) is 0 Å². The van der Waals surface area contributed by atoms with Crippen molar-refractivity contribution < 1.29 is 9.18 Å². The van der Waals surface area contributed by atoms with Crippen molar-refractivity contribution in [3.05, 3.63) is 71.5 Å². The molecule has 1 fully saturated rings. The van der Waals surface area contributed by atoms with Crippen LogP contribution in [0.1, 0.15) is 11.1 Å². The molecule has 1 N–H and O–H groups in total. The molecule has 116 valence electrons. The van der Waals surface area contributed by atoms with E-state index in [2.05, 4.69) is 15.5 Å². The summed E-state index contributed by atoms with van der Waals surface area (Å²) >= 11 is 1.33. The van der Waals surface area contributed by atoms with Crippen LogP contribution in [-0.2, 0) is 11.2 Å². The van der Waals surface area contributed by atoms with Crippen molar-refractivity contribution in [2.45, 2.75) is 11.7 Å². The maximum Gasteiger partial charge on any atom is 0.239 e. The molecule has 6 heteroatoms. The van der Waals surface area contributed by atoms with E-state index in [1.165, 1.54) is 24.0 Å². The Bertz CT molecular complexity index is 761. The van der Waals surface area contributed by atoms with Gasteiger partial charge >= 0.3 is 0 Å². The number of amidine groups is 1. The molecule has 1 heterocycles. The number of hydrogen-bond acceptors (Lipinski definition) is 4. The molecule has 1 amide bonds. The third kappa shape index (κ3) is 4.04. The Morgan fingerprint density at radius 2 is 1.87 bits per heavy atom. The number of nitrogens with zero attached hydrogens (tertiary/aromatic N) is 2. The highest BCUT2D eigenvalue weighted by Crippen LogP contribution is 2.23. The van der Waals surface area contributed by atoms with E-state index in [0.717, 1.165) is 5.56 Å². The van der Waals surface area contributed by atoms with Crippen LogP contribution < -0.4 is 5.32 Å². The van der Waals surface area contributed by atoms with Crippen molar-refractivity contribution in [2.24, 2.45) is 10.2 Å². The predicted octanol–water partition coefficient (Wildman–Crippen LogP) is 2.99. The molecule has 1 aliphatic rings. The van der Waals surface area contributed by atoms with E-state index in [0.29, 0.717) is 17.2 Å². The van der Waals surface area contributed by atoms with E-state index in [1.807, 2.05) is 30.3 Å². The van der Waals surface area contributed by atoms with Crippen molar-refractivity contribution in [2.75, 3.05) is 0 Å². The van der Waals surface area contributed by atoms with Gasteiger partial charge in [-0.25, -0.2) is 4.39 Å². The molecule has 1 aliphatic heterocycles. The molecule has 0 unspecified atom stereocenters. The highest BCUT2D eigenvalue weighted by Gasteiger charge is 2.30. The van der Waals surface area contributed by atoms with Gasteiger partial charge in [-0.1, -0.05) is 60.3 Å². The third-order valence-corrected chi connectivity index (χ3v) is 4.36. The summed E-state index contributed by atoms with van der Waals surface area (Å²) in [6, 6.07) is 16.1. The van der Waals surface area contributed by atoms with Crippen LogP contribution in [0, 0.1) is 5.82 Å². The lowest BCUT2D eigenvalue weighted by Crippen LogP contribution is -2.25. The maximum atomic E-state index is 13.4. The van der Waals surface area contributed by atoms with Crippen molar-refractivity contribution in [3.63, 3.8) is 0 Å². The molecule has 0 radical (unpaired) electrons. The molecular weight excluding hydrogens is 313 g/mol. The van der Waals surface area contributed by atoms with E-state index >= 15 is 0 Å². The Morgan fingerprint density at radius 3 is 2.65 bits per heavy atom. The number of carbonyl (C=O) groups is 1. The summed E-state index contributed by atoms with van der Waals surface area (Å²) in [5, 5.41) is 10.7. The zero-order chi connectivity index (χ0) is 16.1. The average Bonchev–Trinajstić information content (AvgIpc) is 2.90. The second-order valence-corrected chi connectivity index (χ2v) is 6.15. The fourth-order valence-corrected chi connectivity index (χ4v) is 3.10. The molecule has 23 heavy (non-hydrogen) atoms. The summed E-state index contributed by atoms with van der Waals surface area (Å²) in [5.74, 6) is -0.444. The summed E-state index contributed by atoms with van der Waals surface area (Å²) < 4.78 is 13.4. The van der Waals surface area contributed by atoms with Crippen LogP contribution >= 0.6 is 11.8 Å². The molecule has 3 rings (SSSR count). The fraction of sp³-hybridized carbons (Fsp3) is 0.118. The highest BCUT2D eigenvalue weighted by molar-refractivity contribution is 8.15. The van der Waals surface area contributed by atoms with Crippen LogP contribution in [0.25, 0.3) is 0 Å². The van der Waals surface area contributed by atoms with Gasteiger partial charge < -0.3 is 5.32 Å². The molecule has 0 aliphatic carbocycles. The van der Waals surface area contributed by atoms with Gasteiger partial charge in [0.1, 0.15) is 5.82 Å². The first-order valence-corrected chi connectivity index (χ1v) is 7.97. The van der Waals surface area contributed by atoms with E-state index in [4.69, 9.17) is 0 Å². The van der Waals surface area contributed by atoms with Gasteiger partial charge in [-0.3, -0.25) is 4.79 Å². The molecular formula is C17H14FN3OS. The zero-order valence-electron chi connectivity index (χ0n) is 12.1. The van der Waals surface area contributed by atoms with Gasteiger partial charge in [0.15, 0.2) is 5.17 Å². The lowest BCUT2D eigenvalue weighted by atomic mass is 10.1. The molecule has 2 aromatic rings. The first-order valence-electron chi connectivity index (χ1n) is 7.09. The summed E-state index contributed by atoms with van der Waals surface area (Å²) in [4.78, 5) is 12.0. The van der Waals surface area contributed by atoms with Crippen LogP contribution in [0.15, 0.2) is 64.8 Å². The van der Waals surface area contributed by atoms with E-state index < -0.39 is 0 Å².